The summed E-state index contributed by atoms with van der Waals surface area (Å²) in [4.78, 5) is 4.14. The van der Waals surface area contributed by atoms with Gasteiger partial charge in [-0.15, -0.1) is 0 Å². The average molecular weight is 238 g/mol. The summed E-state index contributed by atoms with van der Waals surface area (Å²) in [7, 11) is 0. The van der Waals surface area contributed by atoms with E-state index in [1.807, 2.05) is 24.3 Å². The Hall–Kier alpha value is -1.29. The van der Waals surface area contributed by atoms with Crippen LogP contribution in [0, 0.1) is 0 Å². The van der Waals surface area contributed by atoms with Gasteiger partial charge >= 0.3 is 0 Å². The van der Waals surface area contributed by atoms with E-state index in [-0.39, 0.29) is 0 Å². The minimum absolute atomic E-state index is 0.884. The van der Waals surface area contributed by atoms with Gasteiger partial charge in [-0.25, -0.2) is 4.98 Å². The van der Waals surface area contributed by atoms with E-state index in [0.29, 0.717) is 0 Å². The van der Waals surface area contributed by atoms with Gasteiger partial charge in [0.15, 0.2) is 0 Å². The van der Waals surface area contributed by atoms with Crippen LogP contribution < -0.4 is 5.84 Å². The quantitative estimate of drug-likeness (QED) is 0.772. The van der Waals surface area contributed by atoms with E-state index >= 15 is 0 Å². The highest BCUT2D eigenvalue weighted by Crippen LogP contribution is 2.19. The predicted molar refractivity (Wildman–Crippen MR) is 55.5 cm³/mol. The minimum Gasteiger partial charge on any atom is -0.338 e. The molecule has 3 nitrogen and oxygen atoms in total. The molecule has 0 saturated carbocycles. The molecule has 1 heterocycles. The van der Waals surface area contributed by atoms with Crippen LogP contribution in [0.1, 0.15) is 0 Å². The number of rotatable bonds is 1. The molecule has 0 atom stereocenters. The van der Waals surface area contributed by atoms with Gasteiger partial charge in [-0.2, -0.15) is 0 Å². The van der Waals surface area contributed by atoms with E-state index in [1.54, 1.807) is 12.5 Å². The maximum Gasteiger partial charge on any atom is 0.114 e. The maximum absolute atomic E-state index is 5.49. The Balaban J connectivity index is 2.41. The second kappa shape index (κ2) is 3.22. The highest BCUT2D eigenvalue weighted by atomic mass is 79.9. The summed E-state index contributed by atoms with van der Waals surface area (Å²) in [5.74, 6) is 5.49. The largest absolute Gasteiger partial charge is 0.338 e. The Bertz CT molecular complexity index is 405. The summed E-state index contributed by atoms with van der Waals surface area (Å²) in [6, 6.07) is 7.94. The van der Waals surface area contributed by atoms with Crippen molar-refractivity contribution < 1.29 is 0 Å². The van der Waals surface area contributed by atoms with Crippen molar-refractivity contribution in [3.63, 3.8) is 0 Å². The van der Waals surface area contributed by atoms with Crippen molar-refractivity contribution in [3.05, 3.63) is 41.3 Å². The van der Waals surface area contributed by atoms with Crippen LogP contribution in [-0.2, 0) is 0 Å². The van der Waals surface area contributed by atoms with Crippen molar-refractivity contribution in [2.24, 2.45) is 0 Å². The molecule has 2 aromatic rings. The molecule has 1 aromatic heterocycles. The first kappa shape index (κ1) is 8.31. The highest BCUT2D eigenvalue weighted by Gasteiger charge is 1.99. The minimum atomic E-state index is 0.884. The Morgan fingerprint density at radius 2 is 1.92 bits per heavy atom. The van der Waals surface area contributed by atoms with Crippen LogP contribution in [0.4, 0.5) is 0 Å². The van der Waals surface area contributed by atoms with Crippen LogP contribution in [0.5, 0.6) is 0 Å². The Morgan fingerprint density at radius 1 is 1.23 bits per heavy atom. The van der Waals surface area contributed by atoms with Crippen molar-refractivity contribution in [2.45, 2.75) is 0 Å². The van der Waals surface area contributed by atoms with Crippen molar-refractivity contribution in [1.82, 2.24) is 9.66 Å². The first-order valence-electron chi connectivity index (χ1n) is 3.81. The van der Waals surface area contributed by atoms with Crippen LogP contribution >= 0.6 is 15.9 Å². The van der Waals surface area contributed by atoms with Crippen molar-refractivity contribution >= 4 is 15.9 Å². The van der Waals surface area contributed by atoms with E-state index in [0.717, 1.165) is 15.7 Å². The number of benzene rings is 1. The van der Waals surface area contributed by atoms with Crippen LogP contribution in [0.3, 0.4) is 0 Å². The van der Waals surface area contributed by atoms with Gasteiger partial charge in [0.2, 0.25) is 0 Å². The summed E-state index contributed by atoms with van der Waals surface area (Å²) in [6.45, 7) is 0. The molecule has 0 bridgehead atoms. The monoisotopic (exact) mass is 237 g/mol. The zero-order valence-corrected chi connectivity index (χ0v) is 8.40. The number of nitrogen functional groups attached to an aromatic ring is 1. The van der Waals surface area contributed by atoms with Crippen LogP contribution in [0.25, 0.3) is 11.3 Å². The molecule has 0 radical (unpaired) electrons. The van der Waals surface area contributed by atoms with Crippen molar-refractivity contribution in [3.8, 4) is 11.3 Å². The molecule has 4 heteroatoms. The van der Waals surface area contributed by atoms with Crippen LogP contribution in [0.2, 0.25) is 0 Å². The molecular weight excluding hydrogens is 230 g/mol. The van der Waals surface area contributed by atoms with Gasteiger partial charge < -0.3 is 5.84 Å². The fourth-order valence-electron chi connectivity index (χ4n) is 1.11. The molecule has 0 amide bonds. The first-order chi connectivity index (χ1) is 6.25. The summed E-state index contributed by atoms with van der Waals surface area (Å²) in [5, 5.41) is 0. The Kier molecular flexibility index (Phi) is 2.06. The molecule has 0 aliphatic heterocycles. The van der Waals surface area contributed by atoms with Gasteiger partial charge in [0.1, 0.15) is 6.33 Å². The molecule has 0 spiro atoms. The van der Waals surface area contributed by atoms with Crippen molar-refractivity contribution in [1.29, 1.82) is 0 Å². The van der Waals surface area contributed by atoms with Crippen LogP contribution in [0.15, 0.2) is 41.3 Å². The van der Waals surface area contributed by atoms with Gasteiger partial charge in [0, 0.05) is 10.0 Å². The van der Waals surface area contributed by atoms with E-state index in [4.69, 9.17) is 5.84 Å². The third-order valence-electron chi connectivity index (χ3n) is 1.74. The molecule has 0 fully saturated rings. The summed E-state index contributed by atoms with van der Waals surface area (Å²) >= 11 is 3.37. The maximum atomic E-state index is 5.49. The highest BCUT2D eigenvalue weighted by molar-refractivity contribution is 9.10. The lowest BCUT2D eigenvalue weighted by Gasteiger charge is -1.95. The van der Waals surface area contributed by atoms with Gasteiger partial charge in [-0.05, 0) is 12.1 Å². The average Bonchev–Trinajstić information content (AvgIpc) is 2.53. The number of hydrogen-bond acceptors (Lipinski definition) is 2. The van der Waals surface area contributed by atoms with Gasteiger partial charge in [-0.1, -0.05) is 28.1 Å². The normalized spacial score (nSPS) is 10.2. The van der Waals surface area contributed by atoms with Gasteiger partial charge in [0.05, 0.1) is 11.9 Å². The number of hydrogen-bond donors (Lipinski definition) is 1. The zero-order chi connectivity index (χ0) is 9.26. The number of aromatic nitrogens is 2. The van der Waals surface area contributed by atoms with Crippen LogP contribution in [-0.4, -0.2) is 9.66 Å². The molecule has 13 heavy (non-hydrogen) atoms. The van der Waals surface area contributed by atoms with E-state index < -0.39 is 0 Å². The smallest absolute Gasteiger partial charge is 0.114 e. The second-order valence-electron chi connectivity index (χ2n) is 2.71. The topological polar surface area (TPSA) is 43.8 Å². The van der Waals surface area contributed by atoms with Gasteiger partial charge in [-0.3, -0.25) is 4.68 Å². The Labute approximate surface area is 84.3 Å². The van der Waals surface area contributed by atoms with E-state index in [1.165, 1.54) is 4.68 Å². The van der Waals surface area contributed by atoms with Crippen molar-refractivity contribution in [2.75, 3.05) is 5.84 Å². The van der Waals surface area contributed by atoms with E-state index in [9.17, 15) is 0 Å². The number of halogens is 1. The lowest BCUT2D eigenvalue weighted by molar-refractivity contribution is 1.00. The SMILES string of the molecule is Nn1cnc(-c2ccc(Br)cc2)c1. The third-order valence-corrected chi connectivity index (χ3v) is 2.27. The summed E-state index contributed by atoms with van der Waals surface area (Å²) < 4.78 is 2.50. The molecule has 0 aliphatic rings. The van der Waals surface area contributed by atoms with Gasteiger partial charge in [0.25, 0.3) is 0 Å². The molecule has 2 rings (SSSR count). The summed E-state index contributed by atoms with van der Waals surface area (Å²) in [6.07, 6.45) is 3.36. The second-order valence-corrected chi connectivity index (χ2v) is 3.63. The van der Waals surface area contributed by atoms with E-state index in [2.05, 4.69) is 20.9 Å². The Morgan fingerprint density at radius 3 is 2.46 bits per heavy atom. The summed E-state index contributed by atoms with van der Waals surface area (Å²) in [5.41, 5.74) is 1.95. The molecular formula is C9H8BrN3. The number of imidazole rings is 1. The molecule has 0 unspecified atom stereocenters. The lowest BCUT2D eigenvalue weighted by Crippen LogP contribution is -2.02. The third kappa shape index (κ3) is 1.72. The zero-order valence-electron chi connectivity index (χ0n) is 6.81. The lowest BCUT2D eigenvalue weighted by atomic mass is 10.2. The molecule has 2 N–H and O–H groups in total. The molecule has 0 saturated heterocycles. The first-order valence-corrected chi connectivity index (χ1v) is 4.60. The predicted octanol–water partition coefficient (Wildman–Crippen LogP) is 2.03. The fraction of sp³-hybridized carbons (Fsp3) is 0. The molecule has 0 aliphatic carbocycles. The fourth-order valence-corrected chi connectivity index (χ4v) is 1.37. The standard InChI is InChI=1S/C9H8BrN3/c10-8-3-1-7(2-4-8)9-5-13(11)6-12-9/h1-6H,11H2. The number of nitrogens with two attached hydrogens (primary N) is 1. The molecule has 66 valence electrons. The number of nitrogens with zero attached hydrogens (tertiary/aromatic N) is 2. The molecule has 1 aromatic carbocycles.